The first kappa shape index (κ1) is 18.4. The Balaban J connectivity index is 4.36. The molecule has 0 heterocycles. The van der Waals surface area contributed by atoms with Crippen molar-refractivity contribution in [3.63, 3.8) is 0 Å². The average Bonchev–Trinajstić information content (AvgIpc) is 2.39. The lowest BCUT2D eigenvalue weighted by Gasteiger charge is -2.29. The molecule has 0 unspecified atom stereocenters. The summed E-state index contributed by atoms with van der Waals surface area (Å²) in [4.78, 5) is 11.6. The van der Waals surface area contributed by atoms with Crippen LogP contribution in [0.2, 0.25) is 0 Å². The highest BCUT2D eigenvalue weighted by Crippen LogP contribution is 2.36. The third-order valence-corrected chi connectivity index (χ3v) is 3.81. The molecular formula is C15H30O4. The van der Waals surface area contributed by atoms with E-state index in [0.717, 1.165) is 51.4 Å². The van der Waals surface area contributed by atoms with Gasteiger partial charge in [-0.25, -0.2) is 0 Å². The van der Waals surface area contributed by atoms with E-state index in [2.05, 4.69) is 0 Å². The molecule has 0 saturated carbocycles. The van der Waals surface area contributed by atoms with E-state index >= 15 is 0 Å². The lowest BCUT2D eigenvalue weighted by atomic mass is 9.74. The molecule has 0 bridgehead atoms. The Hall–Kier alpha value is -0.610. The predicted octanol–water partition coefficient (Wildman–Crippen LogP) is 2.96. The largest absolute Gasteiger partial charge is 0.481 e. The van der Waals surface area contributed by atoms with Crippen molar-refractivity contribution in [3.05, 3.63) is 0 Å². The number of aliphatic hydroxyl groups excluding tert-OH is 2. The topological polar surface area (TPSA) is 77.8 Å². The van der Waals surface area contributed by atoms with Gasteiger partial charge < -0.3 is 15.3 Å². The van der Waals surface area contributed by atoms with Crippen molar-refractivity contribution in [3.8, 4) is 0 Å². The zero-order valence-corrected chi connectivity index (χ0v) is 12.2. The molecule has 114 valence electrons. The summed E-state index contributed by atoms with van der Waals surface area (Å²) in [5.41, 5.74) is -0.598. The number of carboxylic acid groups (broad SMARTS) is 1. The minimum absolute atomic E-state index is 0.185. The molecule has 0 aliphatic rings. The second kappa shape index (κ2) is 11.2. The van der Waals surface area contributed by atoms with Crippen molar-refractivity contribution in [1.82, 2.24) is 0 Å². The molecule has 0 aliphatic carbocycles. The number of hydrogen-bond donors (Lipinski definition) is 3. The number of unbranched alkanes of at least 4 members (excludes halogenated alkanes) is 4. The van der Waals surface area contributed by atoms with Crippen LogP contribution in [0.25, 0.3) is 0 Å². The molecule has 0 radical (unpaired) electrons. The van der Waals surface area contributed by atoms with Gasteiger partial charge in [0, 0.05) is 13.2 Å². The first-order chi connectivity index (χ1) is 9.13. The van der Waals surface area contributed by atoms with E-state index in [4.69, 9.17) is 10.2 Å². The van der Waals surface area contributed by atoms with Crippen LogP contribution in [-0.2, 0) is 4.79 Å². The first-order valence-electron chi connectivity index (χ1n) is 7.58. The fourth-order valence-electron chi connectivity index (χ4n) is 2.68. The van der Waals surface area contributed by atoms with E-state index in [1.807, 2.05) is 6.92 Å². The minimum Gasteiger partial charge on any atom is -0.481 e. The Kier molecular flexibility index (Phi) is 10.9. The Morgan fingerprint density at radius 1 is 0.842 bits per heavy atom. The fourth-order valence-corrected chi connectivity index (χ4v) is 2.68. The van der Waals surface area contributed by atoms with Crippen molar-refractivity contribution in [2.75, 3.05) is 13.2 Å². The average molecular weight is 274 g/mol. The van der Waals surface area contributed by atoms with Gasteiger partial charge in [-0.15, -0.1) is 0 Å². The normalized spacial score (nSPS) is 11.7. The van der Waals surface area contributed by atoms with E-state index < -0.39 is 11.4 Å². The number of carboxylic acids is 1. The summed E-state index contributed by atoms with van der Waals surface area (Å²) in [6.45, 7) is 2.40. The summed E-state index contributed by atoms with van der Waals surface area (Å²) < 4.78 is 0. The molecule has 3 N–H and O–H groups in total. The Labute approximate surface area is 116 Å². The summed E-state index contributed by atoms with van der Waals surface area (Å²) in [6.07, 6.45) is 8.05. The molecule has 0 aromatic carbocycles. The van der Waals surface area contributed by atoms with Crippen LogP contribution in [0.1, 0.15) is 71.1 Å². The molecule has 19 heavy (non-hydrogen) atoms. The van der Waals surface area contributed by atoms with Crippen molar-refractivity contribution in [1.29, 1.82) is 0 Å². The molecule has 0 aliphatic heterocycles. The van der Waals surface area contributed by atoms with Crippen LogP contribution in [0.4, 0.5) is 0 Å². The third kappa shape index (κ3) is 7.53. The zero-order chi connectivity index (χ0) is 14.6. The maximum absolute atomic E-state index is 11.6. The molecule has 4 nitrogen and oxygen atoms in total. The second-order valence-electron chi connectivity index (χ2n) is 5.40. The number of aliphatic hydroxyl groups is 2. The first-order valence-corrected chi connectivity index (χ1v) is 7.58. The summed E-state index contributed by atoms with van der Waals surface area (Å²) in [5.74, 6) is -0.678. The monoisotopic (exact) mass is 274 g/mol. The van der Waals surface area contributed by atoms with E-state index in [1.54, 1.807) is 0 Å². The van der Waals surface area contributed by atoms with Crippen LogP contribution in [0.5, 0.6) is 0 Å². The standard InChI is InChI=1S/C15H30O4/c1-2-9-15(14(18)19,10-5-3-7-12-16)11-6-4-8-13-17/h16-17H,2-13H2,1H3,(H,18,19). The van der Waals surface area contributed by atoms with Crippen LogP contribution < -0.4 is 0 Å². The van der Waals surface area contributed by atoms with Gasteiger partial charge in [0.15, 0.2) is 0 Å². The molecule has 0 atom stereocenters. The molecule has 0 rings (SSSR count). The van der Waals surface area contributed by atoms with Crippen LogP contribution in [0.3, 0.4) is 0 Å². The summed E-state index contributed by atoms with van der Waals surface area (Å²) in [6, 6.07) is 0. The van der Waals surface area contributed by atoms with Gasteiger partial charge in [0.25, 0.3) is 0 Å². The summed E-state index contributed by atoms with van der Waals surface area (Å²) in [7, 11) is 0. The molecule has 0 amide bonds. The van der Waals surface area contributed by atoms with E-state index in [-0.39, 0.29) is 13.2 Å². The van der Waals surface area contributed by atoms with Crippen LogP contribution in [-0.4, -0.2) is 34.5 Å². The van der Waals surface area contributed by atoms with Crippen LogP contribution >= 0.6 is 0 Å². The van der Waals surface area contributed by atoms with Crippen molar-refractivity contribution in [2.24, 2.45) is 5.41 Å². The van der Waals surface area contributed by atoms with Crippen LogP contribution in [0, 0.1) is 5.41 Å². The smallest absolute Gasteiger partial charge is 0.309 e. The molecule has 0 aromatic heterocycles. The highest BCUT2D eigenvalue weighted by atomic mass is 16.4. The maximum Gasteiger partial charge on any atom is 0.309 e. The van der Waals surface area contributed by atoms with Gasteiger partial charge in [-0.3, -0.25) is 4.79 Å². The van der Waals surface area contributed by atoms with Gasteiger partial charge in [0.05, 0.1) is 5.41 Å². The van der Waals surface area contributed by atoms with Gasteiger partial charge >= 0.3 is 5.97 Å². The van der Waals surface area contributed by atoms with Crippen molar-refractivity contribution < 1.29 is 20.1 Å². The second-order valence-corrected chi connectivity index (χ2v) is 5.40. The highest BCUT2D eigenvalue weighted by molar-refractivity contribution is 5.74. The maximum atomic E-state index is 11.6. The number of aliphatic carboxylic acids is 1. The molecule has 0 fully saturated rings. The lowest BCUT2D eigenvalue weighted by Crippen LogP contribution is -2.31. The van der Waals surface area contributed by atoms with Gasteiger partial charge in [-0.1, -0.05) is 39.0 Å². The van der Waals surface area contributed by atoms with Crippen LogP contribution in [0.15, 0.2) is 0 Å². The molecule has 4 heteroatoms. The van der Waals surface area contributed by atoms with Gasteiger partial charge in [-0.05, 0) is 32.1 Å². The van der Waals surface area contributed by atoms with Gasteiger partial charge in [0.1, 0.15) is 0 Å². The Morgan fingerprint density at radius 3 is 1.63 bits per heavy atom. The summed E-state index contributed by atoms with van der Waals surface area (Å²) in [5, 5.41) is 27.1. The Morgan fingerprint density at radius 2 is 1.32 bits per heavy atom. The minimum atomic E-state index is -0.678. The third-order valence-electron chi connectivity index (χ3n) is 3.81. The SMILES string of the molecule is CCCC(CCCCCO)(CCCCCO)C(=O)O. The zero-order valence-electron chi connectivity index (χ0n) is 12.2. The molecule has 0 aromatic rings. The van der Waals surface area contributed by atoms with E-state index in [1.165, 1.54) is 0 Å². The number of rotatable bonds is 13. The Bertz CT molecular complexity index is 216. The van der Waals surface area contributed by atoms with Crippen molar-refractivity contribution >= 4 is 5.97 Å². The number of hydrogen-bond acceptors (Lipinski definition) is 3. The van der Waals surface area contributed by atoms with Gasteiger partial charge in [0.2, 0.25) is 0 Å². The predicted molar refractivity (Wildman–Crippen MR) is 76.1 cm³/mol. The molecule has 0 saturated heterocycles. The highest BCUT2D eigenvalue weighted by Gasteiger charge is 2.36. The molecular weight excluding hydrogens is 244 g/mol. The lowest BCUT2D eigenvalue weighted by molar-refractivity contribution is -0.150. The summed E-state index contributed by atoms with van der Waals surface area (Å²) >= 11 is 0. The number of carbonyl (C=O) groups is 1. The van der Waals surface area contributed by atoms with Gasteiger partial charge in [-0.2, -0.15) is 0 Å². The van der Waals surface area contributed by atoms with Crippen molar-refractivity contribution in [2.45, 2.75) is 71.1 Å². The fraction of sp³-hybridized carbons (Fsp3) is 0.933. The quantitative estimate of drug-likeness (QED) is 0.451. The van der Waals surface area contributed by atoms with E-state index in [0.29, 0.717) is 12.8 Å². The van der Waals surface area contributed by atoms with E-state index in [9.17, 15) is 9.90 Å². The molecule has 0 spiro atoms.